The number of anilines is 1. The second-order valence-corrected chi connectivity index (χ2v) is 4.29. The van der Waals surface area contributed by atoms with E-state index in [1.54, 1.807) is 0 Å². The molecule has 0 radical (unpaired) electrons. The first kappa shape index (κ1) is 13.2. The van der Waals surface area contributed by atoms with Crippen LogP contribution in [0.15, 0.2) is 18.3 Å². The quantitative estimate of drug-likeness (QED) is 0.613. The zero-order chi connectivity index (χ0) is 13.8. The molecule has 0 spiro atoms. The summed E-state index contributed by atoms with van der Waals surface area (Å²) < 4.78 is 0. The van der Waals surface area contributed by atoms with E-state index in [0.717, 1.165) is 0 Å². The molecule has 1 N–H and O–H groups in total. The Morgan fingerprint density at radius 1 is 1.42 bits per heavy atom. The van der Waals surface area contributed by atoms with Gasteiger partial charge in [-0.05, 0) is 0 Å². The largest absolute Gasteiger partial charge is 0.480 e. The lowest BCUT2D eigenvalue weighted by molar-refractivity contribution is -0.384. The van der Waals surface area contributed by atoms with Crippen molar-refractivity contribution in [3.05, 3.63) is 28.4 Å². The van der Waals surface area contributed by atoms with Gasteiger partial charge >= 0.3 is 5.97 Å². The molecule has 19 heavy (non-hydrogen) atoms. The second kappa shape index (κ2) is 5.61. The van der Waals surface area contributed by atoms with Crippen LogP contribution in [0.2, 0.25) is 0 Å². The summed E-state index contributed by atoms with van der Waals surface area (Å²) in [6.45, 7) is 2.46. The molecular weight excluding hydrogens is 252 g/mol. The molecule has 0 amide bonds. The van der Waals surface area contributed by atoms with Crippen molar-refractivity contribution in [3.8, 4) is 0 Å². The summed E-state index contributed by atoms with van der Waals surface area (Å²) in [6.07, 6.45) is 1.41. The summed E-state index contributed by atoms with van der Waals surface area (Å²) in [5, 5.41) is 19.4. The van der Waals surface area contributed by atoms with Crippen molar-refractivity contribution >= 4 is 17.5 Å². The fourth-order valence-corrected chi connectivity index (χ4v) is 2.02. The molecule has 1 fully saturated rings. The van der Waals surface area contributed by atoms with Gasteiger partial charge in [0.15, 0.2) is 0 Å². The number of carboxylic acid groups (broad SMARTS) is 1. The molecule has 2 heterocycles. The summed E-state index contributed by atoms with van der Waals surface area (Å²) >= 11 is 0. The van der Waals surface area contributed by atoms with Gasteiger partial charge in [0.1, 0.15) is 5.82 Å². The predicted molar refractivity (Wildman–Crippen MR) is 67.2 cm³/mol. The molecule has 0 saturated carbocycles. The standard InChI is InChI=1S/C11H14N4O4/c16-11(17)8-13-3-5-14(6-4-13)10-7-9(15(18)19)1-2-12-10/h1-2,7H,3-6,8H2,(H,16,17). The zero-order valence-electron chi connectivity index (χ0n) is 10.2. The van der Waals surface area contributed by atoms with Crippen LogP contribution in [0.1, 0.15) is 0 Å². The molecule has 1 aliphatic rings. The van der Waals surface area contributed by atoms with Crippen LogP contribution in [0, 0.1) is 10.1 Å². The van der Waals surface area contributed by atoms with Crippen LogP contribution in [-0.2, 0) is 4.79 Å². The lowest BCUT2D eigenvalue weighted by Crippen LogP contribution is -2.48. The molecule has 0 aliphatic carbocycles. The highest BCUT2D eigenvalue weighted by Crippen LogP contribution is 2.19. The maximum Gasteiger partial charge on any atom is 0.317 e. The molecule has 0 atom stereocenters. The predicted octanol–water partition coefficient (Wildman–Crippen LogP) is 0.196. The van der Waals surface area contributed by atoms with Crippen molar-refractivity contribution in [1.29, 1.82) is 0 Å². The van der Waals surface area contributed by atoms with E-state index >= 15 is 0 Å². The Morgan fingerprint density at radius 2 is 2.11 bits per heavy atom. The molecule has 1 aliphatic heterocycles. The number of carbonyl (C=O) groups is 1. The Morgan fingerprint density at radius 3 is 2.68 bits per heavy atom. The Kier molecular flexibility index (Phi) is 3.91. The van der Waals surface area contributed by atoms with Crippen molar-refractivity contribution in [2.45, 2.75) is 0 Å². The molecule has 8 heteroatoms. The van der Waals surface area contributed by atoms with E-state index in [9.17, 15) is 14.9 Å². The van der Waals surface area contributed by atoms with E-state index in [1.165, 1.54) is 18.3 Å². The molecule has 8 nitrogen and oxygen atoms in total. The number of nitro groups is 1. The van der Waals surface area contributed by atoms with E-state index in [-0.39, 0.29) is 12.2 Å². The number of aromatic nitrogens is 1. The third-order valence-corrected chi connectivity index (χ3v) is 3.00. The number of hydrogen-bond acceptors (Lipinski definition) is 6. The maximum atomic E-state index is 10.7. The minimum atomic E-state index is -0.845. The number of hydrogen-bond donors (Lipinski definition) is 1. The van der Waals surface area contributed by atoms with Crippen LogP contribution in [0.4, 0.5) is 11.5 Å². The van der Waals surface area contributed by atoms with Crippen LogP contribution >= 0.6 is 0 Å². The molecule has 102 valence electrons. The summed E-state index contributed by atoms with van der Waals surface area (Å²) in [7, 11) is 0. The Labute approximate surface area is 109 Å². The third-order valence-electron chi connectivity index (χ3n) is 3.00. The number of carboxylic acids is 1. The van der Waals surface area contributed by atoms with Gasteiger partial charge in [-0.3, -0.25) is 19.8 Å². The molecular formula is C11H14N4O4. The molecule has 1 aromatic rings. The fraction of sp³-hybridized carbons (Fsp3) is 0.455. The Bertz CT molecular complexity index is 485. The lowest BCUT2D eigenvalue weighted by atomic mass is 10.3. The lowest BCUT2D eigenvalue weighted by Gasteiger charge is -2.34. The normalized spacial score (nSPS) is 16.3. The third kappa shape index (κ3) is 3.38. The first-order valence-electron chi connectivity index (χ1n) is 5.86. The smallest absolute Gasteiger partial charge is 0.317 e. The van der Waals surface area contributed by atoms with Gasteiger partial charge in [0.2, 0.25) is 0 Å². The molecule has 0 bridgehead atoms. The fourth-order valence-electron chi connectivity index (χ4n) is 2.02. The zero-order valence-corrected chi connectivity index (χ0v) is 10.2. The number of piperazine rings is 1. The highest BCUT2D eigenvalue weighted by Gasteiger charge is 2.20. The average molecular weight is 266 g/mol. The highest BCUT2D eigenvalue weighted by molar-refractivity contribution is 5.69. The van der Waals surface area contributed by atoms with Gasteiger partial charge in [-0.15, -0.1) is 0 Å². The Hall–Kier alpha value is -2.22. The monoisotopic (exact) mass is 266 g/mol. The summed E-state index contributed by atoms with van der Waals surface area (Å²) in [5.41, 5.74) is 0.0120. The van der Waals surface area contributed by atoms with Crippen molar-refractivity contribution in [2.24, 2.45) is 0 Å². The number of nitrogens with zero attached hydrogens (tertiary/aromatic N) is 4. The van der Waals surface area contributed by atoms with E-state index in [2.05, 4.69) is 4.98 Å². The van der Waals surface area contributed by atoms with Gasteiger partial charge < -0.3 is 10.0 Å². The van der Waals surface area contributed by atoms with Crippen molar-refractivity contribution in [2.75, 3.05) is 37.6 Å². The number of pyridine rings is 1. The van der Waals surface area contributed by atoms with Crippen molar-refractivity contribution in [1.82, 2.24) is 9.88 Å². The van der Waals surface area contributed by atoms with E-state index in [4.69, 9.17) is 5.11 Å². The Balaban J connectivity index is 1.99. The molecule has 0 aromatic carbocycles. The van der Waals surface area contributed by atoms with Gasteiger partial charge in [-0.2, -0.15) is 0 Å². The topological polar surface area (TPSA) is 99.8 Å². The summed E-state index contributed by atoms with van der Waals surface area (Å²) in [4.78, 5) is 28.7. The first-order chi connectivity index (χ1) is 9.06. The van der Waals surface area contributed by atoms with Crippen LogP contribution in [0.5, 0.6) is 0 Å². The molecule has 1 aromatic heterocycles. The number of aliphatic carboxylic acids is 1. The summed E-state index contributed by atoms with van der Waals surface area (Å²) in [6, 6.07) is 2.79. The van der Waals surface area contributed by atoms with Crippen molar-refractivity contribution < 1.29 is 14.8 Å². The van der Waals surface area contributed by atoms with Gasteiger partial charge in [0.05, 0.1) is 17.5 Å². The minimum absolute atomic E-state index is 0.0120. The average Bonchev–Trinajstić information content (AvgIpc) is 2.39. The minimum Gasteiger partial charge on any atom is -0.480 e. The van der Waals surface area contributed by atoms with Crippen LogP contribution in [0.3, 0.4) is 0 Å². The van der Waals surface area contributed by atoms with Crippen LogP contribution < -0.4 is 4.90 Å². The van der Waals surface area contributed by atoms with Gasteiger partial charge in [-0.1, -0.05) is 0 Å². The van der Waals surface area contributed by atoms with E-state index in [0.29, 0.717) is 32.0 Å². The van der Waals surface area contributed by atoms with Gasteiger partial charge in [-0.25, -0.2) is 4.98 Å². The molecule has 1 saturated heterocycles. The summed E-state index contributed by atoms with van der Waals surface area (Å²) in [5.74, 6) is -0.286. The van der Waals surface area contributed by atoms with E-state index < -0.39 is 10.9 Å². The van der Waals surface area contributed by atoms with Gasteiger partial charge in [0.25, 0.3) is 5.69 Å². The SMILES string of the molecule is O=C(O)CN1CCN(c2cc([N+](=O)[O-])ccn2)CC1. The highest BCUT2D eigenvalue weighted by atomic mass is 16.6. The molecule has 2 rings (SSSR count). The van der Waals surface area contributed by atoms with Gasteiger partial charge in [0, 0.05) is 38.4 Å². The van der Waals surface area contributed by atoms with Crippen LogP contribution in [0.25, 0.3) is 0 Å². The number of rotatable bonds is 4. The maximum absolute atomic E-state index is 10.7. The van der Waals surface area contributed by atoms with E-state index in [1.807, 2.05) is 9.80 Å². The van der Waals surface area contributed by atoms with Crippen molar-refractivity contribution in [3.63, 3.8) is 0 Å². The van der Waals surface area contributed by atoms with Crippen LogP contribution in [-0.4, -0.2) is 58.6 Å². The first-order valence-corrected chi connectivity index (χ1v) is 5.86. The second-order valence-electron chi connectivity index (χ2n) is 4.29. The molecule has 0 unspecified atom stereocenters.